The van der Waals surface area contributed by atoms with Gasteiger partial charge in [-0.05, 0) is 17.5 Å². The maximum Gasteiger partial charge on any atom is 0.341 e. The van der Waals surface area contributed by atoms with Crippen LogP contribution in [-0.2, 0) is 4.74 Å². The van der Waals surface area contributed by atoms with Crippen molar-refractivity contribution in [1.29, 1.82) is 0 Å². The van der Waals surface area contributed by atoms with Gasteiger partial charge in [-0.1, -0.05) is 36.4 Å². The smallest absolute Gasteiger partial charge is 0.341 e. The molecule has 0 saturated carbocycles. The number of rotatable bonds is 2. The molecule has 0 unspecified atom stereocenters. The van der Waals surface area contributed by atoms with Crippen LogP contribution in [0.2, 0.25) is 0 Å². The first kappa shape index (κ1) is 13.2. The van der Waals surface area contributed by atoms with Crippen molar-refractivity contribution < 1.29 is 13.9 Å². The molecular weight excluding hydrogens is 269 g/mol. The monoisotopic (exact) mass is 281 g/mol. The van der Waals surface area contributed by atoms with Crippen LogP contribution in [0.15, 0.2) is 54.7 Å². The van der Waals surface area contributed by atoms with Gasteiger partial charge in [0.1, 0.15) is 11.4 Å². The van der Waals surface area contributed by atoms with Crippen molar-refractivity contribution in [2.45, 2.75) is 0 Å². The summed E-state index contributed by atoms with van der Waals surface area (Å²) in [6, 6.07) is 14.0. The van der Waals surface area contributed by atoms with E-state index in [1.165, 1.54) is 13.2 Å². The first-order valence-corrected chi connectivity index (χ1v) is 6.43. The van der Waals surface area contributed by atoms with Gasteiger partial charge in [0.05, 0.1) is 12.8 Å². The van der Waals surface area contributed by atoms with Crippen LogP contribution in [0.4, 0.5) is 4.39 Å². The summed E-state index contributed by atoms with van der Waals surface area (Å²) in [4.78, 5) is 16.2. The van der Waals surface area contributed by atoms with E-state index in [1.54, 1.807) is 18.3 Å². The molecule has 0 atom stereocenters. The lowest BCUT2D eigenvalue weighted by molar-refractivity contribution is 0.0596. The fourth-order valence-electron chi connectivity index (χ4n) is 2.37. The molecule has 104 valence electrons. The number of hydrogen-bond acceptors (Lipinski definition) is 3. The van der Waals surface area contributed by atoms with Gasteiger partial charge in [0.2, 0.25) is 0 Å². The number of hydrogen-bond donors (Lipinski definition) is 0. The van der Waals surface area contributed by atoms with Crippen molar-refractivity contribution in [2.24, 2.45) is 0 Å². The largest absolute Gasteiger partial charge is 0.465 e. The summed E-state index contributed by atoms with van der Waals surface area (Å²) in [6.45, 7) is 0. The second kappa shape index (κ2) is 5.32. The minimum absolute atomic E-state index is 0.0937. The minimum Gasteiger partial charge on any atom is -0.465 e. The summed E-state index contributed by atoms with van der Waals surface area (Å²) in [5.74, 6) is -1.33. The lowest BCUT2D eigenvalue weighted by atomic mass is 9.99. The number of pyridine rings is 1. The SMILES string of the molecule is COC(=O)c1c(F)cccc1-c1nccc2ccccc12. The van der Waals surface area contributed by atoms with Crippen LogP contribution in [0.3, 0.4) is 0 Å². The third kappa shape index (κ3) is 2.25. The maximum absolute atomic E-state index is 14.0. The highest BCUT2D eigenvalue weighted by atomic mass is 19.1. The Balaban J connectivity index is 2.34. The molecule has 0 bridgehead atoms. The first-order valence-electron chi connectivity index (χ1n) is 6.43. The number of aromatic nitrogens is 1. The molecule has 0 N–H and O–H groups in total. The van der Waals surface area contributed by atoms with E-state index >= 15 is 0 Å². The molecule has 0 spiro atoms. The van der Waals surface area contributed by atoms with E-state index in [2.05, 4.69) is 9.72 Å². The maximum atomic E-state index is 14.0. The Bertz CT molecular complexity index is 825. The van der Waals surface area contributed by atoms with Gasteiger partial charge >= 0.3 is 5.97 Å². The number of nitrogens with zero attached hydrogens (tertiary/aromatic N) is 1. The number of esters is 1. The lowest BCUT2D eigenvalue weighted by Crippen LogP contribution is -2.07. The highest BCUT2D eigenvalue weighted by Gasteiger charge is 2.20. The van der Waals surface area contributed by atoms with Crippen LogP contribution in [0, 0.1) is 5.82 Å². The van der Waals surface area contributed by atoms with Gasteiger partial charge in [-0.25, -0.2) is 9.18 Å². The zero-order chi connectivity index (χ0) is 14.8. The van der Waals surface area contributed by atoms with Crippen LogP contribution in [0.1, 0.15) is 10.4 Å². The van der Waals surface area contributed by atoms with Gasteiger partial charge in [0.15, 0.2) is 0 Å². The fraction of sp³-hybridized carbons (Fsp3) is 0.0588. The van der Waals surface area contributed by atoms with Crippen molar-refractivity contribution in [3.8, 4) is 11.3 Å². The standard InChI is InChI=1S/C17H12FNO2/c1-21-17(20)15-13(7-4-8-14(15)18)16-12-6-3-2-5-11(12)9-10-19-16/h2-10H,1H3. The molecule has 0 amide bonds. The molecule has 3 aromatic rings. The fourth-order valence-corrected chi connectivity index (χ4v) is 2.37. The Morgan fingerprint density at radius 2 is 1.90 bits per heavy atom. The van der Waals surface area contributed by atoms with Gasteiger partial charge in [0, 0.05) is 17.1 Å². The number of halogens is 1. The van der Waals surface area contributed by atoms with Crippen LogP contribution in [-0.4, -0.2) is 18.1 Å². The van der Waals surface area contributed by atoms with Crippen molar-refractivity contribution in [3.63, 3.8) is 0 Å². The van der Waals surface area contributed by atoms with E-state index in [4.69, 9.17) is 0 Å². The molecule has 0 aliphatic rings. The van der Waals surface area contributed by atoms with E-state index in [1.807, 2.05) is 30.3 Å². The molecule has 4 heteroatoms. The molecule has 0 saturated heterocycles. The highest BCUT2D eigenvalue weighted by molar-refractivity contribution is 6.02. The predicted molar refractivity (Wildman–Crippen MR) is 78.5 cm³/mol. The van der Waals surface area contributed by atoms with Crippen LogP contribution in [0.25, 0.3) is 22.0 Å². The lowest BCUT2D eigenvalue weighted by Gasteiger charge is -2.10. The molecule has 21 heavy (non-hydrogen) atoms. The summed E-state index contributed by atoms with van der Waals surface area (Å²) in [5.41, 5.74) is 0.899. The molecule has 0 aliphatic heterocycles. The van der Waals surface area contributed by atoms with E-state index < -0.39 is 11.8 Å². The third-order valence-corrected chi connectivity index (χ3v) is 3.33. The van der Waals surface area contributed by atoms with Gasteiger partial charge < -0.3 is 4.74 Å². The second-order valence-corrected chi connectivity index (χ2v) is 4.53. The van der Waals surface area contributed by atoms with Gasteiger partial charge in [-0.3, -0.25) is 4.98 Å². The van der Waals surface area contributed by atoms with Crippen LogP contribution < -0.4 is 0 Å². The summed E-state index contributed by atoms with van der Waals surface area (Å²) >= 11 is 0. The Kier molecular flexibility index (Phi) is 3.36. The second-order valence-electron chi connectivity index (χ2n) is 4.53. The first-order chi connectivity index (χ1) is 10.2. The molecule has 1 heterocycles. The number of methoxy groups -OCH3 is 1. The zero-order valence-corrected chi connectivity index (χ0v) is 11.3. The number of ether oxygens (including phenoxy) is 1. The number of carbonyl (C=O) groups is 1. The number of carbonyl (C=O) groups excluding carboxylic acids is 1. The molecule has 3 rings (SSSR count). The molecule has 1 aromatic heterocycles. The van der Waals surface area contributed by atoms with E-state index in [9.17, 15) is 9.18 Å². The summed E-state index contributed by atoms with van der Waals surface area (Å²) in [7, 11) is 1.23. The Morgan fingerprint density at radius 3 is 2.71 bits per heavy atom. The van der Waals surface area contributed by atoms with E-state index in [-0.39, 0.29) is 5.56 Å². The predicted octanol–water partition coefficient (Wildman–Crippen LogP) is 3.83. The van der Waals surface area contributed by atoms with E-state index in [0.717, 1.165) is 10.8 Å². The van der Waals surface area contributed by atoms with Crippen molar-refractivity contribution in [2.75, 3.05) is 7.11 Å². The van der Waals surface area contributed by atoms with Gasteiger partial charge in [-0.2, -0.15) is 0 Å². The van der Waals surface area contributed by atoms with Crippen molar-refractivity contribution >= 4 is 16.7 Å². The molecule has 0 fully saturated rings. The Morgan fingerprint density at radius 1 is 1.10 bits per heavy atom. The average molecular weight is 281 g/mol. The summed E-state index contributed by atoms with van der Waals surface area (Å²) in [5, 5.41) is 1.83. The molecular formula is C17H12FNO2. The van der Waals surface area contributed by atoms with Crippen LogP contribution >= 0.6 is 0 Å². The van der Waals surface area contributed by atoms with Crippen molar-refractivity contribution in [3.05, 3.63) is 66.1 Å². The Hall–Kier alpha value is -2.75. The summed E-state index contributed by atoms with van der Waals surface area (Å²) < 4.78 is 18.7. The third-order valence-electron chi connectivity index (χ3n) is 3.33. The van der Waals surface area contributed by atoms with E-state index in [0.29, 0.717) is 11.3 Å². The highest BCUT2D eigenvalue weighted by Crippen LogP contribution is 2.30. The normalized spacial score (nSPS) is 10.6. The van der Waals surface area contributed by atoms with Gasteiger partial charge in [-0.15, -0.1) is 0 Å². The molecule has 2 aromatic carbocycles. The summed E-state index contributed by atoms with van der Waals surface area (Å²) in [6.07, 6.45) is 1.64. The quantitative estimate of drug-likeness (QED) is 0.670. The van der Waals surface area contributed by atoms with Crippen LogP contribution in [0.5, 0.6) is 0 Å². The van der Waals surface area contributed by atoms with Crippen molar-refractivity contribution in [1.82, 2.24) is 4.98 Å². The zero-order valence-electron chi connectivity index (χ0n) is 11.3. The minimum atomic E-state index is -0.710. The average Bonchev–Trinajstić information content (AvgIpc) is 2.53. The molecule has 0 radical (unpaired) electrons. The number of fused-ring (bicyclic) bond motifs is 1. The molecule has 0 aliphatic carbocycles. The number of benzene rings is 2. The van der Waals surface area contributed by atoms with Gasteiger partial charge in [0.25, 0.3) is 0 Å². The molecule has 3 nitrogen and oxygen atoms in total. The topological polar surface area (TPSA) is 39.2 Å². The Labute approximate surface area is 121 Å².